The van der Waals surface area contributed by atoms with Gasteiger partial charge in [0.1, 0.15) is 11.4 Å². The van der Waals surface area contributed by atoms with Crippen LogP contribution in [0.1, 0.15) is 39.0 Å². The summed E-state index contributed by atoms with van der Waals surface area (Å²) < 4.78 is 8.09. The molecule has 0 saturated carbocycles. The van der Waals surface area contributed by atoms with E-state index in [1.165, 1.54) is 0 Å². The summed E-state index contributed by atoms with van der Waals surface area (Å²) in [5.74, 6) is 1.64. The number of fused-ring (bicyclic) bond motifs is 1. The Bertz CT molecular complexity index is 884. The summed E-state index contributed by atoms with van der Waals surface area (Å²) in [5.41, 5.74) is 1.81. The summed E-state index contributed by atoms with van der Waals surface area (Å²) in [7, 11) is 0. The van der Waals surface area contributed by atoms with E-state index in [1.807, 2.05) is 61.1 Å². The van der Waals surface area contributed by atoms with Gasteiger partial charge in [-0.15, -0.1) is 35.3 Å². The second-order valence-electron chi connectivity index (χ2n) is 7.20. The van der Waals surface area contributed by atoms with Gasteiger partial charge in [0, 0.05) is 29.9 Å². The summed E-state index contributed by atoms with van der Waals surface area (Å²) >= 11 is 1.63. The number of nitrogens with zero attached hydrogens (tertiary/aromatic N) is 3. The van der Waals surface area contributed by atoms with Crippen LogP contribution in [0, 0.1) is 0 Å². The molecule has 0 aliphatic heterocycles. The van der Waals surface area contributed by atoms with Crippen LogP contribution in [0.2, 0.25) is 0 Å². The van der Waals surface area contributed by atoms with Crippen molar-refractivity contribution in [2.24, 2.45) is 4.99 Å². The number of ether oxygens (including phenoxy) is 1. The maximum atomic E-state index is 6.06. The largest absolute Gasteiger partial charge is 0.488 e. The molecular weight excluding hydrogens is 485 g/mol. The van der Waals surface area contributed by atoms with Crippen molar-refractivity contribution in [2.45, 2.75) is 46.4 Å². The maximum absolute atomic E-state index is 6.06. The van der Waals surface area contributed by atoms with E-state index < -0.39 is 0 Å². The van der Waals surface area contributed by atoms with Crippen LogP contribution in [-0.2, 0) is 13.1 Å². The zero-order valence-electron chi connectivity index (χ0n) is 16.7. The summed E-state index contributed by atoms with van der Waals surface area (Å²) in [5, 5.41) is 8.67. The van der Waals surface area contributed by atoms with Gasteiger partial charge in [0.2, 0.25) is 0 Å². The highest BCUT2D eigenvalue weighted by Gasteiger charge is 2.14. The molecule has 2 N–H and O–H groups in total. The van der Waals surface area contributed by atoms with E-state index in [0.717, 1.165) is 34.5 Å². The molecule has 2 heterocycles. The molecule has 152 valence electrons. The number of nitrogens with one attached hydrogen (secondary N) is 2. The first-order chi connectivity index (χ1) is 12.9. The van der Waals surface area contributed by atoms with Gasteiger partial charge in [0.15, 0.2) is 10.9 Å². The third-order valence-electron chi connectivity index (χ3n) is 3.72. The highest BCUT2D eigenvalue weighted by Crippen LogP contribution is 2.23. The zero-order valence-corrected chi connectivity index (χ0v) is 19.9. The summed E-state index contributed by atoms with van der Waals surface area (Å²) in [6.45, 7) is 10.2. The molecule has 8 heteroatoms. The van der Waals surface area contributed by atoms with Crippen molar-refractivity contribution in [1.82, 2.24) is 20.0 Å². The number of thiazole rings is 1. The standard InChI is InChI=1S/C20H27N5OS.HI/c1-5-21-18(23-13-16-14-25-10-11-27-19(25)24-16)22-12-15-8-6-7-9-17(15)26-20(2,3)4;/h6-11,14H,5,12-13H2,1-4H3,(H2,21,22,23);1H. The molecule has 0 aliphatic carbocycles. The van der Waals surface area contributed by atoms with Crippen molar-refractivity contribution in [2.75, 3.05) is 6.54 Å². The molecule has 3 aromatic rings. The Morgan fingerprint density at radius 1 is 1.25 bits per heavy atom. The lowest BCUT2D eigenvalue weighted by Gasteiger charge is -2.23. The lowest BCUT2D eigenvalue weighted by atomic mass is 10.1. The van der Waals surface area contributed by atoms with Gasteiger partial charge in [0.25, 0.3) is 0 Å². The molecule has 0 radical (unpaired) electrons. The molecular formula is C20H28IN5OS. The smallest absolute Gasteiger partial charge is 0.193 e. The van der Waals surface area contributed by atoms with Gasteiger partial charge < -0.3 is 15.4 Å². The highest BCUT2D eigenvalue weighted by molar-refractivity contribution is 14.0. The third kappa shape index (κ3) is 6.37. The van der Waals surface area contributed by atoms with Crippen molar-refractivity contribution >= 4 is 46.2 Å². The van der Waals surface area contributed by atoms with Crippen molar-refractivity contribution in [3.05, 3.63) is 53.3 Å². The van der Waals surface area contributed by atoms with Crippen LogP contribution in [-0.4, -0.2) is 27.5 Å². The number of hydrogen-bond donors (Lipinski definition) is 2. The second kappa shape index (κ2) is 10.1. The predicted octanol–water partition coefficient (Wildman–Crippen LogP) is 4.45. The molecule has 2 aromatic heterocycles. The monoisotopic (exact) mass is 513 g/mol. The van der Waals surface area contributed by atoms with E-state index in [9.17, 15) is 0 Å². The van der Waals surface area contributed by atoms with E-state index in [-0.39, 0.29) is 29.6 Å². The molecule has 0 spiro atoms. The van der Waals surface area contributed by atoms with Crippen LogP contribution >= 0.6 is 35.3 Å². The average molecular weight is 513 g/mol. The van der Waals surface area contributed by atoms with E-state index >= 15 is 0 Å². The fourth-order valence-electron chi connectivity index (χ4n) is 2.61. The van der Waals surface area contributed by atoms with Crippen LogP contribution in [0.15, 0.2) is 47.0 Å². The Morgan fingerprint density at radius 3 is 2.75 bits per heavy atom. The zero-order chi connectivity index (χ0) is 19.3. The molecule has 6 nitrogen and oxygen atoms in total. The van der Waals surface area contributed by atoms with Crippen molar-refractivity contribution in [3.8, 4) is 5.75 Å². The van der Waals surface area contributed by atoms with Crippen LogP contribution in [0.25, 0.3) is 4.96 Å². The Hall–Kier alpha value is -1.81. The minimum Gasteiger partial charge on any atom is -0.488 e. The van der Waals surface area contributed by atoms with E-state index in [2.05, 4.69) is 28.6 Å². The fraction of sp³-hybridized carbons (Fsp3) is 0.400. The predicted molar refractivity (Wildman–Crippen MR) is 127 cm³/mol. The van der Waals surface area contributed by atoms with E-state index in [1.54, 1.807) is 11.3 Å². The van der Waals surface area contributed by atoms with Gasteiger partial charge in [-0.1, -0.05) is 18.2 Å². The highest BCUT2D eigenvalue weighted by atomic mass is 127. The lowest BCUT2D eigenvalue weighted by molar-refractivity contribution is 0.129. The van der Waals surface area contributed by atoms with Crippen LogP contribution in [0.3, 0.4) is 0 Å². The molecule has 0 aliphatic rings. The maximum Gasteiger partial charge on any atom is 0.193 e. The fourth-order valence-corrected chi connectivity index (χ4v) is 3.32. The number of hydrogen-bond acceptors (Lipinski definition) is 4. The van der Waals surface area contributed by atoms with Crippen LogP contribution in [0.5, 0.6) is 5.75 Å². The molecule has 1 aromatic carbocycles. The number of guanidine groups is 1. The molecule has 0 fully saturated rings. The molecule has 0 atom stereocenters. The van der Waals surface area contributed by atoms with E-state index in [0.29, 0.717) is 13.1 Å². The van der Waals surface area contributed by atoms with Gasteiger partial charge in [-0.3, -0.25) is 4.40 Å². The van der Waals surface area contributed by atoms with E-state index in [4.69, 9.17) is 9.73 Å². The normalized spacial score (nSPS) is 11.9. The lowest BCUT2D eigenvalue weighted by Crippen LogP contribution is -2.36. The Kier molecular flexibility index (Phi) is 8.11. The number of imidazole rings is 1. The molecule has 3 rings (SSSR count). The van der Waals surface area contributed by atoms with Crippen molar-refractivity contribution in [1.29, 1.82) is 0 Å². The van der Waals surface area contributed by atoms with Gasteiger partial charge >= 0.3 is 0 Å². The Morgan fingerprint density at radius 2 is 2.04 bits per heavy atom. The quantitative estimate of drug-likeness (QED) is 0.291. The molecule has 0 bridgehead atoms. The first-order valence-corrected chi connectivity index (χ1v) is 10.0. The Labute approximate surface area is 187 Å². The van der Waals surface area contributed by atoms with Gasteiger partial charge in [0.05, 0.1) is 18.8 Å². The summed E-state index contributed by atoms with van der Waals surface area (Å²) in [6.07, 6.45) is 4.05. The third-order valence-corrected chi connectivity index (χ3v) is 4.49. The van der Waals surface area contributed by atoms with Gasteiger partial charge in [-0.05, 0) is 33.8 Å². The van der Waals surface area contributed by atoms with Crippen LogP contribution in [0.4, 0.5) is 0 Å². The van der Waals surface area contributed by atoms with Gasteiger partial charge in [-0.2, -0.15) is 0 Å². The summed E-state index contributed by atoms with van der Waals surface area (Å²) in [4.78, 5) is 10.3. The number of aromatic nitrogens is 2. The number of rotatable bonds is 6. The minimum absolute atomic E-state index is 0. The number of halogens is 1. The SMILES string of the molecule is CCNC(=NCc1ccccc1OC(C)(C)C)NCc1cn2ccsc2n1.I. The molecule has 28 heavy (non-hydrogen) atoms. The topological polar surface area (TPSA) is 63.0 Å². The minimum atomic E-state index is -0.240. The number of para-hydroxylation sites is 1. The number of aliphatic imine (C=N–C) groups is 1. The van der Waals surface area contributed by atoms with Crippen molar-refractivity contribution in [3.63, 3.8) is 0 Å². The average Bonchev–Trinajstić information content (AvgIpc) is 3.18. The first-order valence-electron chi connectivity index (χ1n) is 9.15. The Balaban J connectivity index is 0.00000280. The van der Waals surface area contributed by atoms with Crippen molar-refractivity contribution < 1.29 is 4.74 Å². The molecule has 0 saturated heterocycles. The summed E-state index contributed by atoms with van der Waals surface area (Å²) in [6, 6.07) is 8.05. The second-order valence-corrected chi connectivity index (χ2v) is 8.07. The molecule has 0 amide bonds. The van der Waals surface area contributed by atoms with Crippen LogP contribution < -0.4 is 15.4 Å². The van der Waals surface area contributed by atoms with Gasteiger partial charge in [-0.25, -0.2) is 9.98 Å². The molecule has 0 unspecified atom stereocenters. The first kappa shape index (κ1) is 22.5. The number of benzene rings is 1.